The Morgan fingerprint density at radius 1 is 0.921 bits per heavy atom. The van der Waals surface area contributed by atoms with Crippen LogP contribution in [0.2, 0.25) is 0 Å². The molecular formula is C32H37FN2O2S. The summed E-state index contributed by atoms with van der Waals surface area (Å²) in [6, 6.07) is 23.7. The van der Waals surface area contributed by atoms with Crippen molar-refractivity contribution in [3.63, 3.8) is 0 Å². The molecule has 0 bridgehead atoms. The maximum atomic E-state index is 13.8. The fraction of sp³-hybridized carbons (Fsp3) is 0.375. The quantitative estimate of drug-likeness (QED) is 0.309. The summed E-state index contributed by atoms with van der Waals surface area (Å²) in [5, 5.41) is 3.26. The number of carbonyl (C=O) groups is 2. The first kappa shape index (κ1) is 27.9. The normalized spacial score (nSPS) is 14.6. The van der Waals surface area contributed by atoms with Crippen LogP contribution in [0.1, 0.15) is 54.4 Å². The van der Waals surface area contributed by atoms with E-state index >= 15 is 0 Å². The summed E-state index contributed by atoms with van der Waals surface area (Å²) in [5.41, 5.74) is 4.20. The summed E-state index contributed by atoms with van der Waals surface area (Å²) in [5.74, 6) is 0.460. The van der Waals surface area contributed by atoms with Crippen LogP contribution in [-0.4, -0.2) is 34.6 Å². The highest BCUT2D eigenvalue weighted by atomic mass is 32.2. The third kappa shape index (κ3) is 8.19. The monoisotopic (exact) mass is 532 g/mol. The van der Waals surface area contributed by atoms with Crippen molar-refractivity contribution in [2.75, 3.05) is 5.75 Å². The van der Waals surface area contributed by atoms with Crippen LogP contribution in [0.15, 0.2) is 78.9 Å². The molecule has 0 saturated heterocycles. The molecule has 0 unspecified atom stereocenters. The second kappa shape index (κ2) is 14.1. The highest BCUT2D eigenvalue weighted by molar-refractivity contribution is 7.99. The summed E-state index contributed by atoms with van der Waals surface area (Å²) in [4.78, 5) is 29.2. The molecule has 0 aromatic heterocycles. The number of nitrogens with zero attached hydrogens (tertiary/aromatic N) is 1. The maximum absolute atomic E-state index is 13.8. The summed E-state index contributed by atoms with van der Waals surface area (Å²) in [6.07, 6.45) is 5.80. The van der Waals surface area contributed by atoms with E-state index in [1.807, 2.05) is 42.5 Å². The number of carbonyl (C=O) groups excluding carboxylic acids is 2. The minimum absolute atomic E-state index is 0.0902. The van der Waals surface area contributed by atoms with Gasteiger partial charge in [-0.2, -0.15) is 0 Å². The van der Waals surface area contributed by atoms with Gasteiger partial charge in [0.2, 0.25) is 11.8 Å². The Labute approximate surface area is 230 Å². The van der Waals surface area contributed by atoms with Crippen molar-refractivity contribution < 1.29 is 14.0 Å². The standard InChI is InChI=1S/C32H37FN2O2S/c1-24-10-8-9-13-27(24)22-38-23-31(36)35(21-26-16-18-28(33)19-17-26)30(20-25-11-4-2-5-12-25)32(37)34-29-14-6-3-7-15-29/h2,4-5,8-13,16-19,29-30H,3,6-7,14-15,20-23H2,1H3,(H,34,37)/t30-/m0/s1. The topological polar surface area (TPSA) is 49.4 Å². The van der Waals surface area contributed by atoms with Crippen molar-refractivity contribution in [2.45, 2.75) is 69.8 Å². The summed E-state index contributed by atoms with van der Waals surface area (Å²) in [6.45, 7) is 2.32. The van der Waals surface area contributed by atoms with Crippen molar-refractivity contribution in [1.29, 1.82) is 0 Å². The molecule has 6 heteroatoms. The zero-order valence-corrected chi connectivity index (χ0v) is 22.9. The van der Waals surface area contributed by atoms with Gasteiger partial charge in [-0.15, -0.1) is 11.8 Å². The molecule has 4 rings (SSSR count). The van der Waals surface area contributed by atoms with E-state index in [0.29, 0.717) is 6.42 Å². The fourth-order valence-corrected chi connectivity index (χ4v) is 5.97. The van der Waals surface area contributed by atoms with E-state index in [0.717, 1.165) is 42.6 Å². The first-order valence-corrected chi connectivity index (χ1v) is 14.7. The molecule has 200 valence electrons. The first-order chi connectivity index (χ1) is 18.5. The molecule has 0 spiro atoms. The minimum atomic E-state index is -0.657. The molecule has 38 heavy (non-hydrogen) atoms. The van der Waals surface area contributed by atoms with Gasteiger partial charge >= 0.3 is 0 Å². The lowest BCUT2D eigenvalue weighted by atomic mass is 9.94. The molecule has 1 aliphatic rings. The Morgan fingerprint density at radius 2 is 1.61 bits per heavy atom. The van der Waals surface area contributed by atoms with Crippen molar-refractivity contribution in [3.05, 3.63) is 107 Å². The number of hydrogen-bond donors (Lipinski definition) is 1. The molecule has 0 heterocycles. The molecule has 3 aromatic rings. The number of amides is 2. The van der Waals surface area contributed by atoms with E-state index in [1.54, 1.807) is 28.8 Å². The number of halogens is 1. The highest BCUT2D eigenvalue weighted by Crippen LogP contribution is 2.22. The van der Waals surface area contributed by atoms with E-state index in [2.05, 4.69) is 24.4 Å². The predicted octanol–water partition coefficient (Wildman–Crippen LogP) is 6.46. The SMILES string of the molecule is Cc1ccccc1CSCC(=O)N(Cc1ccc(F)cc1)[C@@H](Cc1ccccc1)C(=O)NC1CCCCC1. The van der Waals surface area contributed by atoms with Gasteiger partial charge in [0.05, 0.1) is 5.75 Å². The predicted molar refractivity (Wildman–Crippen MR) is 153 cm³/mol. The number of thioether (sulfide) groups is 1. The van der Waals surface area contributed by atoms with Crippen LogP contribution in [0, 0.1) is 12.7 Å². The second-order valence-corrected chi connectivity index (χ2v) is 11.1. The Kier molecular flexibility index (Phi) is 10.4. The Morgan fingerprint density at radius 3 is 2.32 bits per heavy atom. The molecule has 1 fully saturated rings. The highest BCUT2D eigenvalue weighted by Gasteiger charge is 2.31. The van der Waals surface area contributed by atoms with E-state index in [4.69, 9.17) is 0 Å². The third-order valence-corrected chi connectivity index (χ3v) is 8.20. The number of nitrogens with one attached hydrogen (secondary N) is 1. The Balaban J connectivity index is 1.56. The number of rotatable bonds is 11. The molecule has 1 saturated carbocycles. The molecule has 4 nitrogen and oxygen atoms in total. The van der Waals surface area contributed by atoms with Gasteiger partial charge in [0.25, 0.3) is 0 Å². The average Bonchev–Trinajstić information content (AvgIpc) is 2.94. The summed E-state index contributed by atoms with van der Waals surface area (Å²) >= 11 is 1.56. The number of benzene rings is 3. The zero-order valence-electron chi connectivity index (χ0n) is 22.1. The van der Waals surface area contributed by atoms with Crippen molar-refractivity contribution in [3.8, 4) is 0 Å². The van der Waals surface area contributed by atoms with Crippen LogP contribution in [0.5, 0.6) is 0 Å². The molecule has 1 aliphatic carbocycles. The zero-order chi connectivity index (χ0) is 26.7. The average molecular weight is 533 g/mol. The minimum Gasteiger partial charge on any atom is -0.352 e. The van der Waals surface area contributed by atoms with E-state index in [-0.39, 0.29) is 36.0 Å². The largest absolute Gasteiger partial charge is 0.352 e. The smallest absolute Gasteiger partial charge is 0.243 e. The van der Waals surface area contributed by atoms with E-state index < -0.39 is 6.04 Å². The van der Waals surface area contributed by atoms with Gasteiger partial charge in [-0.3, -0.25) is 9.59 Å². The van der Waals surface area contributed by atoms with Crippen LogP contribution in [0.4, 0.5) is 4.39 Å². The van der Waals surface area contributed by atoms with Crippen LogP contribution in [-0.2, 0) is 28.3 Å². The maximum Gasteiger partial charge on any atom is 0.243 e. The summed E-state index contributed by atoms with van der Waals surface area (Å²) in [7, 11) is 0. The lowest BCUT2D eigenvalue weighted by Crippen LogP contribution is -2.53. The molecule has 0 aliphatic heterocycles. The Bertz CT molecular complexity index is 1180. The van der Waals surface area contributed by atoms with Crippen molar-refractivity contribution in [1.82, 2.24) is 10.2 Å². The molecule has 2 amide bonds. The van der Waals surface area contributed by atoms with Gasteiger partial charge in [0, 0.05) is 24.8 Å². The van der Waals surface area contributed by atoms with Gasteiger partial charge < -0.3 is 10.2 Å². The third-order valence-electron chi connectivity index (χ3n) is 7.23. The molecule has 3 aromatic carbocycles. The van der Waals surface area contributed by atoms with Crippen molar-refractivity contribution >= 4 is 23.6 Å². The molecule has 1 N–H and O–H groups in total. The van der Waals surface area contributed by atoms with Gasteiger partial charge in [-0.05, 0) is 54.2 Å². The lowest BCUT2D eigenvalue weighted by Gasteiger charge is -2.33. The second-order valence-electron chi connectivity index (χ2n) is 10.1. The lowest BCUT2D eigenvalue weighted by molar-refractivity contribution is -0.139. The van der Waals surface area contributed by atoms with Crippen LogP contribution >= 0.6 is 11.8 Å². The van der Waals surface area contributed by atoms with Gasteiger partial charge in [0.15, 0.2) is 0 Å². The molecular weight excluding hydrogens is 495 g/mol. The molecule has 0 radical (unpaired) electrons. The number of aryl methyl sites for hydroxylation is 1. The Hall–Kier alpha value is -3.12. The molecule has 1 atom stereocenters. The summed E-state index contributed by atoms with van der Waals surface area (Å²) < 4.78 is 13.6. The van der Waals surface area contributed by atoms with Crippen LogP contribution < -0.4 is 5.32 Å². The van der Waals surface area contributed by atoms with Gasteiger partial charge in [0.1, 0.15) is 11.9 Å². The van der Waals surface area contributed by atoms with E-state index in [9.17, 15) is 14.0 Å². The first-order valence-electron chi connectivity index (χ1n) is 13.5. The van der Waals surface area contributed by atoms with Crippen LogP contribution in [0.3, 0.4) is 0 Å². The van der Waals surface area contributed by atoms with Crippen molar-refractivity contribution in [2.24, 2.45) is 0 Å². The fourth-order valence-electron chi connectivity index (χ4n) is 4.99. The van der Waals surface area contributed by atoms with Gasteiger partial charge in [-0.1, -0.05) is 86.0 Å². The van der Waals surface area contributed by atoms with Crippen LogP contribution in [0.25, 0.3) is 0 Å². The number of hydrogen-bond acceptors (Lipinski definition) is 3. The van der Waals surface area contributed by atoms with E-state index in [1.165, 1.54) is 29.7 Å². The van der Waals surface area contributed by atoms with Gasteiger partial charge in [-0.25, -0.2) is 4.39 Å².